The molecule has 1 aromatic rings. The summed E-state index contributed by atoms with van der Waals surface area (Å²) in [7, 11) is 0. The first kappa shape index (κ1) is 16.8. The second-order valence-electron chi connectivity index (χ2n) is 6.82. The number of nitrogens with zero attached hydrogens (tertiary/aromatic N) is 1. The van der Waals surface area contributed by atoms with Crippen molar-refractivity contribution in [1.29, 1.82) is 0 Å². The first-order valence-corrected chi connectivity index (χ1v) is 8.46. The number of piperidine rings is 1. The third-order valence-electron chi connectivity index (χ3n) is 5.12. The van der Waals surface area contributed by atoms with Crippen LogP contribution >= 0.6 is 23.7 Å². The van der Waals surface area contributed by atoms with E-state index in [0.29, 0.717) is 11.3 Å². The zero-order valence-corrected chi connectivity index (χ0v) is 14.5. The van der Waals surface area contributed by atoms with Crippen LogP contribution in [0.25, 0.3) is 0 Å². The molecule has 0 atom stereocenters. The minimum Gasteiger partial charge on any atom is -0.342 e. The second-order valence-corrected chi connectivity index (χ2v) is 7.77. The van der Waals surface area contributed by atoms with Gasteiger partial charge in [0.15, 0.2) is 0 Å². The van der Waals surface area contributed by atoms with Crippen LogP contribution in [-0.2, 0) is 10.2 Å². The fraction of sp³-hybridized carbons (Fsp3) is 0.688. The number of carbonyl (C=O) groups is 1. The van der Waals surface area contributed by atoms with Gasteiger partial charge in [0.2, 0.25) is 5.91 Å². The van der Waals surface area contributed by atoms with Crippen LogP contribution in [0, 0.1) is 5.41 Å². The molecule has 5 heteroatoms. The number of hydrogen-bond donors (Lipinski definition) is 1. The number of rotatable bonds is 2. The van der Waals surface area contributed by atoms with Crippen molar-refractivity contribution in [2.45, 2.75) is 38.5 Å². The van der Waals surface area contributed by atoms with Crippen LogP contribution in [0.2, 0.25) is 0 Å². The summed E-state index contributed by atoms with van der Waals surface area (Å²) in [5.41, 5.74) is 0.0937. The highest BCUT2D eigenvalue weighted by Gasteiger charge is 2.41. The van der Waals surface area contributed by atoms with Gasteiger partial charge in [-0.1, -0.05) is 6.07 Å². The van der Waals surface area contributed by atoms with Gasteiger partial charge in [0.25, 0.3) is 0 Å². The van der Waals surface area contributed by atoms with E-state index in [9.17, 15) is 4.79 Å². The second kappa shape index (κ2) is 6.27. The van der Waals surface area contributed by atoms with Gasteiger partial charge in [0.1, 0.15) is 0 Å². The quantitative estimate of drug-likeness (QED) is 0.905. The molecule has 0 bridgehead atoms. The normalized spacial score (nSPS) is 21.3. The molecule has 118 valence electrons. The summed E-state index contributed by atoms with van der Waals surface area (Å²) >= 11 is 1.68. The van der Waals surface area contributed by atoms with Gasteiger partial charge in [0.05, 0.1) is 5.41 Å². The Hall–Kier alpha value is -0.580. The van der Waals surface area contributed by atoms with Gasteiger partial charge < -0.3 is 10.2 Å². The summed E-state index contributed by atoms with van der Waals surface area (Å²) in [6.45, 7) is 8.26. The van der Waals surface area contributed by atoms with Gasteiger partial charge in [-0.05, 0) is 56.5 Å². The summed E-state index contributed by atoms with van der Waals surface area (Å²) in [5.74, 6) is 0.292. The van der Waals surface area contributed by atoms with E-state index in [2.05, 4.69) is 35.5 Å². The zero-order chi connectivity index (χ0) is 14.2. The molecule has 0 unspecified atom stereocenters. The molecule has 2 saturated heterocycles. The SMILES string of the molecule is CC(C)(C(=O)N1CCC2(CCNC2)CC1)c1cccs1.Cl. The molecule has 1 spiro atoms. The lowest BCUT2D eigenvalue weighted by atomic mass is 9.77. The molecular weight excluding hydrogens is 304 g/mol. The standard InChI is InChI=1S/C16H24N2OS.ClH/c1-15(2,13-4-3-11-20-13)14(19)18-9-6-16(7-10-18)5-8-17-12-16;/h3-4,11,17H,5-10,12H2,1-2H3;1H. The van der Waals surface area contributed by atoms with Crippen molar-refractivity contribution in [2.75, 3.05) is 26.2 Å². The van der Waals surface area contributed by atoms with Crippen molar-refractivity contribution in [3.05, 3.63) is 22.4 Å². The van der Waals surface area contributed by atoms with Gasteiger partial charge in [-0.25, -0.2) is 0 Å². The zero-order valence-electron chi connectivity index (χ0n) is 12.9. The molecule has 0 saturated carbocycles. The topological polar surface area (TPSA) is 32.3 Å². The van der Waals surface area contributed by atoms with Gasteiger partial charge in [0, 0.05) is 24.5 Å². The summed E-state index contributed by atoms with van der Waals surface area (Å²) in [4.78, 5) is 16.1. The Bertz CT molecular complexity index is 470. The lowest BCUT2D eigenvalue weighted by Gasteiger charge is -2.41. The van der Waals surface area contributed by atoms with Crippen molar-refractivity contribution in [3.63, 3.8) is 0 Å². The third kappa shape index (κ3) is 3.13. The molecule has 3 nitrogen and oxygen atoms in total. The van der Waals surface area contributed by atoms with Crippen LogP contribution in [0.4, 0.5) is 0 Å². The van der Waals surface area contributed by atoms with Crippen LogP contribution in [-0.4, -0.2) is 37.0 Å². The molecule has 0 radical (unpaired) electrons. The highest BCUT2D eigenvalue weighted by atomic mass is 35.5. The first-order valence-electron chi connectivity index (χ1n) is 7.58. The molecule has 2 aliphatic heterocycles. The van der Waals surface area contributed by atoms with E-state index in [0.717, 1.165) is 39.0 Å². The Morgan fingerprint density at radius 1 is 1.33 bits per heavy atom. The summed E-state index contributed by atoms with van der Waals surface area (Å²) < 4.78 is 0. The minimum atomic E-state index is -0.382. The molecule has 0 aromatic carbocycles. The van der Waals surface area contributed by atoms with Crippen LogP contribution in [0.5, 0.6) is 0 Å². The number of nitrogens with one attached hydrogen (secondary N) is 1. The Kier molecular flexibility index (Phi) is 5.01. The van der Waals surface area contributed by atoms with Crippen LogP contribution in [0.15, 0.2) is 17.5 Å². The van der Waals surface area contributed by atoms with E-state index in [1.165, 1.54) is 11.3 Å². The molecule has 3 rings (SSSR count). The van der Waals surface area contributed by atoms with Crippen molar-refractivity contribution in [1.82, 2.24) is 10.2 Å². The van der Waals surface area contributed by atoms with E-state index in [1.54, 1.807) is 11.3 Å². The lowest BCUT2D eigenvalue weighted by molar-refractivity contribution is -0.138. The molecule has 0 aliphatic carbocycles. The number of likely N-dealkylation sites (tertiary alicyclic amines) is 1. The fourth-order valence-electron chi connectivity index (χ4n) is 3.54. The van der Waals surface area contributed by atoms with Crippen molar-refractivity contribution >= 4 is 29.7 Å². The highest BCUT2D eigenvalue weighted by molar-refractivity contribution is 7.10. The maximum atomic E-state index is 12.8. The molecule has 21 heavy (non-hydrogen) atoms. The average molecular weight is 329 g/mol. The Balaban J connectivity index is 0.00000161. The third-order valence-corrected chi connectivity index (χ3v) is 6.31. The molecular formula is C16H25ClN2OS. The molecule has 1 aromatic heterocycles. The minimum absolute atomic E-state index is 0. The van der Waals surface area contributed by atoms with E-state index < -0.39 is 0 Å². The fourth-order valence-corrected chi connectivity index (χ4v) is 4.38. The van der Waals surface area contributed by atoms with Crippen LogP contribution < -0.4 is 5.32 Å². The Morgan fingerprint density at radius 3 is 2.57 bits per heavy atom. The van der Waals surface area contributed by atoms with E-state index in [4.69, 9.17) is 0 Å². The van der Waals surface area contributed by atoms with Crippen molar-refractivity contribution in [3.8, 4) is 0 Å². The summed E-state index contributed by atoms with van der Waals surface area (Å²) in [6.07, 6.45) is 3.60. The van der Waals surface area contributed by atoms with E-state index in [1.807, 2.05) is 6.07 Å². The maximum absolute atomic E-state index is 12.8. The number of amides is 1. The van der Waals surface area contributed by atoms with Gasteiger partial charge in [-0.2, -0.15) is 0 Å². The van der Waals surface area contributed by atoms with Crippen molar-refractivity contribution < 1.29 is 4.79 Å². The predicted molar refractivity (Wildman–Crippen MR) is 90.3 cm³/mol. The number of thiophene rings is 1. The molecule has 1 N–H and O–H groups in total. The molecule has 1 amide bonds. The van der Waals surface area contributed by atoms with Crippen LogP contribution in [0.3, 0.4) is 0 Å². The average Bonchev–Trinajstić information content (AvgIpc) is 3.11. The molecule has 2 fully saturated rings. The maximum Gasteiger partial charge on any atom is 0.233 e. The Morgan fingerprint density at radius 2 is 2.05 bits per heavy atom. The summed E-state index contributed by atoms with van der Waals surface area (Å²) in [5, 5.41) is 5.53. The lowest BCUT2D eigenvalue weighted by Crippen LogP contribution is -2.49. The number of carbonyl (C=O) groups excluding carboxylic acids is 1. The van der Waals surface area contributed by atoms with Gasteiger partial charge in [-0.15, -0.1) is 23.7 Å². The molecule has 2 aliphatic rings. The number of halogens is 1. The molecule has 3 heterocycles. The highest BCUT2D eigenvalue weighted by Crippen LogP contribution is 2.38. The van der Waals surface area contributed by atoms with Crippen LogP contribution in [0.1, 0.15) is 38.0 Å². The van der Waals surface area contributed by atoms with Gasteiger partial charge >= 0.3 is 0 Å². The number of hydrogen-bond acceptors (Lipinski definition) is 3. The predicted octanol–water partition coefficient (Wildman–Crippen LogP) is 3.05. The van der Waals surface area contributed by atoms with Crippen molar-refractivity contribution in [2.24, 2.45) is 5.41 Å². The van der Waals surface area contributed by atoms with E-state index in [-0.39, 0.29) is 17.8 Å². The largest absolute Gasteiger partial charge is 0.342 e. The monoisotopic (exact) mass is 328 g/mol. The Labute approximate surface area is 137 Å². The van der Waals surface area contributed by atoms with Gasteiger partial charge in [-0.3, -0.25) is 4.79 Å². The van der Waals surface area contributed by atoms with E-state index >= 15 is 0 Å². The summed E-state index contributed by atoms with van der Waals surface area (Å²) in [6, 6.07) is 4.11. The smallest absolute Gasteiger partial charge is 0.233 e. The first-order chi connectivity index (χ1) is 9.54.